The van der Waals surface area contributed by atoms with Gasteiger partial charge in [0, 0.05) is 92.6 Å². The first kappa shape index (κ1) is 32.9. The molecule has 4 aromatic carbocycles. The quantitative estimate of drug-likeness (QED) is 0.111. The molecule has 0 saturated carbocycles. The summed E-state index contributed by atoms with van der Waals surface area (Å²) in [6.07, 6.45) is 2.54. The number of benzene rings is 4. The Labute approximate surface area is 294 Å². The molecule has 1 aromatic heterocycles. The predicted molar refractivity (Wildman–Crippen MR) is 197 cm³/mol. The van der Waals surface area contributed by atoms with Gasteiger partial charge in [-0.3, -0.25) is 9.59 Å². The van der Waals surface area contributed by atoms with Crippen LogP contribution in [-0.4, -0.2) is 57.5 Å². The van der Waals surface area contributed by atoms with Gasteiger partial charge in [0.25, 0.3) is 5.91 Å². The van der Waals surface area contributed by atoms with E-state index in [1.54, 1.807) is 18.2 Å². The van der Waals surface area contributed by atoms with E-state index in [4.69, 9.17) is 15.2 Å². The van der Waals surface area contributed by atoms with E-state index in [-0.39, 0.29) is 11.8 Å². The van der Waals surface area contributed by atoms with Crippen molar-refractivity contribution in [1.82, 2.24) is 10.3 Å². The van der Waals surface area contributed by atoms with E-state index < -0.39 is 11.6 Å². The predicted octanol–water partition coefficient (Wildman–Crippen LogP) is 6.51. The number of carbonyl (C=O) groups excluding carboxylic acids is 3. The van der Waals surface area contributed by atoms with Crippen LogP contribution in [0.5, 0.6) is 11.5 Å². The maximum Gasteiger partial charge on any atom is 0.340 e. The molecule has 0 aliphatic carbocycles. The van der Waals surface area contributed by atoms with Gasteiger partial charge in [0.05, 0.1) is 15.8 Å². The zero-order chi connectivity index (χ0) is 35.2. The number of hydrogen-bond acceptors (Lipinski definition) is 10. The Morgan fingerprint density at radius 3 is 2.22 bits per heavy atom. The molecule has 256 valence electrons. The number of carbonyl (C=O) groups is 3. The average Bonchev–Trinajstić information content (AvgIpc) is 3.61. The number of hydrogen-bond donors (Lipinski definition) is 3. The Hall–Kier alpha value is -5.62. The van der Waals surface area contributed by atoms with Crippen LogP contribution in [0.1, 0.15) is 63.1 Å². The Balaban J connectivity index is 1.04. The molecule has 1 spiro atoms. The molecule has 0 saturated heterocycles. The van der Waals surface area contributed by atoms with Crippen LogP contribution < -0.4 is 30.9 Å². The molecule has 5 aromatic rings. The summed E-state index contributed by atoms with van der Waals surface area (Å²) in [6, 6.07) is 22.3. The number of rotatable bonds is 10. The Kier molecular flexibility index (Phi) is 8.56. The van der Waals surface area contributed by atoms with Gasteiger partial charge in [0.15, 0.2) is 10.7 Å². The van der Waals surface area contributed by atoms with Gasteiger partial charge in [0.1, 0.15) is 11.5 Å². The zero-order valence-electron chi connectivity index (χ0n) is 28.3. The average molecular weight is 691 g/mol. The molecule has 50 heavy (non-hydrogen) atoms. The number of amides is 2. The van der Waals surface area contributed by atoms with E-state index in [9.17, 15) is 14.4 Å². The van der Waals surface area contributed by atoms with Gasteiger partial charge >= 0.3 is 5.97 Å². The Morgan fingerprint density at radius 2 is 1.54 bits per heavy atom. The number of nitrogen functional groups attached to an aromatic ring is 1. The van der Waals surface area contributed by atoms with Crippen LogP contribution in [0.25, 0.3) is 10.2 Å². The molecule has 0 atom stereocenters. The first-order valence-electron chi connectivity index (χ1n) is 16.5. The first-order chi connectivity index (χ1) is 24.0. The van der Waals surface area contributed by atoms with Gasteiger partial charge in [0.2, 0.25) is 5.91 Å². The summed E-state index contributed by atoms with van der Waals surface area (Å²) in [5.41, 5.74) is 10.7. The lowest BCUT2D eigenvalue weighted by molar-refractivity contribution is -0.116. The van der Waals surface area contributed by atoms with E-state index in [1.165, 1.54) is 11.3 Å². The number of anilines is 4. The lowest BCUT2D eigenvalue weighted by Gasteiger charge is -2.37. The molecule has 0 bridgehead atoms. The van der Waals surface area contributed by atoms with Gasteiger partial charge in [-0.15, -0.1) is 0 Å². The van der Waals surface area contributed by atoms with Crippen molar-refractivity contribution in [3.05, 3.63) is 101 Å². The van der Waals surface area contributed by atoms with Crippen molar-refractivity contribution in [3.63, 3.8) is 0 Å². The highest BCUT2D eigenvalue weighted by Gasteiger charge is 2.54. The SMILES string of the molecule is CN(C)c1ccc2c(c1)Oc1cc(N(C)C)ccc1C21OC(=O)c2ccc(C(=O)NCCCCCC(=O)Nc3ccc4nc(N)sc4c3)cc21. The summed E-state index contributed by atoms with van der Waals surface area (Å²) in [7, 11) is 7.81. The maximum absolute atomic E-state index is 13.5. The third kappa shape index (κ3) is 5.96. The highest BCUT2D eigenvalue weighted by molar-refractivity contribution is 7.22. The molecule has 2 aliphatic rings. The van der Waals surface area contributed by atoms with Crippen molar-refractivity contribution in [2.45, 2.75) is 31.3 Å². The number of esters is 1. The van der Waals surface area contributed by atoms with Gasteiger partial charge in [-0.05, 0) is 73.5 Å². The number of nitrogens with one attached hydrogen (secondary N) is 2. The number of fused-ring (bicyclic) bond motifs is 7. The second kappa shape index (κ2) is 13.0. The van der Waals surface area contributed by atoms with Crippen molar-refractivity contribution in [2.24, 2.45) is 0 Å². The fourth-order valence-electron chi connectivity index (χ4n) is 6.53. The van der Waals surface area contributed by atoms with Crippen molar-refractivity contribution in [1.29, 1.82) is 0 Å². The number of thiazole rings is 1. The van der Waals surface area contributed by atoms with E-state index in [1.807, 2.05) is 92.6 Å². The smallest absolute Gasteiger partial charge is 0.340 e. The maximum atomic E-state index is 13.5. The van der Waals surface area contributed by atoms with Crippen molar-refractivity contribution in [3.8, 4) is 11.5 Å². The van der Waals surface area contributed by atoms with E-state index >= 15 is 0 Å². The summed E-state index contributed by atoms with van der Waals surface area (Å²) in [6.45, 7) is 0.446. The second-order valence-electron chi connectivity index (χ2n) is 12.9. The summed E-state index contributed by atoms with van der Waals surface area (Å²) >= 11 is 1.38. The molecule has 11 nitrogen and oxygen atoms in total. The Morgan fingerprint density at radius 1 is 0.840 bits per heavy atom. The van der Waals surface area contributed by atoms with E-state index in [2.05, 4.69) is 15.6 Å². The fourth-order valence-corrected chi connectivity index (χ4v) is 7.30. The van der Waals surface area contributed by atoms with Gasteiger partial charge < -0.3 is 35.6 Å². The lowest BCUT2D eigenvalue weighted by atomic mass is 9.77. The topological polar surface area (TPSA) is 139 Å². The molecule has 0 fully saturated rings. The largest absolute Gasteiger partial charge is 0.456 e. The minimum absolute atomic E-state index is 0.0677. The van der Waals surface area contributed by atoms with E-state index in [0.717, 1.165) is 28.0 Å². The van der Waals surface area contributed by atoms with Crippen molar-refractivity contribution < 1.29 is 23.9 Å². The normalized spacial score (nSPS) is 13.6. The molecule has 12 heteroatoms. The van der Waals surface area contributed by atoms with Crippen LogP contribution in [0, 0.1) is 0 Å². The minimum Gasteiger partial charge on any atom is -0.456 e. The molecular formula is C38H38N6O5S. The van der Waals surface area contributed by atoms with E-state index in [0.29, 0.717) is 75.9 Å². The number of aromatic nitrogens is 1. The molecule has 2 amide bonds. The minimum atomic E-state index is -1.29. The van der Waals surface area contributed by atoms with Crippen LogP contribution >= 0.6 is 11.3 Å². The molecule has 4 N–H and O–H groups in total. The zero-order valence-corrected chi connectivity index (χ0v) is 29.1. The van der Waals surface area contributed by atoms with Crippen LogP contribution in [0.2, 0.25) is 0 Å². The third-order valence-corrected chi connectivity index (χ3v) is 9.97. The fraction of sp³-hybridized carbons (Fsp3) is 0.263. The van der Waals surface area contributed by atoms with Gasteiger partial charge in [-0.25, -0.2) is 9.78 Å². The standard InChI is InChI=1S/C38H38N6O5S/c1-43(2)24-11-14-27-31(20-24)48-32-21-25(44(3)4)12-15-28(32)38(27)29-18-22(9-13-26(29)36(47)49-38)35(46)40-17-7-5-6-8-34(45)41-23-10-16-30-33(19-23)50-37(39)42-30/h9-16,18-21H,5-8,17H2,1-4H3,(H2,39,42)(H,40,46)(H,41,45). The van der Waals surface area contributed by atoms with Gasteiger partial charge in [-0.2, -0.15) is 0 Å². The van der Waals surface area contributed by atoms with Crippen LogP contribution in [-0.2, 0) is 15.1 Å². The highest BCUT2D eigenvalue weighted by atomic mass is 32.1. The van der Waals surface area contributed by atoms with Crippen LogP contribution in [0.3, 0.4) is 0 Å². The number of nitrogens with zero attached hydrogens (tertiary/aromatic N) is 3. The highest BCUT2D eigenvalue weighted by Crippen LogP contribution is 2.57. The van der Waals surface area contributed by atoms with Gasteiger partial charge in [-0.1, -0.05) is 17.8 Å². The number of nitrogens with two attached hydrogens (primary N) is 1. The van der Waals surface area contributed by atoms with Crippen LogP contribution in [0.4, 0.5) is 22.2 Å². The molecule has 3 heterocycles. The van der Waals surface area contributed by atoms with Crippen molar-refractivity contribution in [2.75, 3.05) is 55.6 Å². The Bertz CT molecular complexity index is 2100. The molecule has 7 rings (SSSR count). The number of unbranched alkanes of at least 4 members (excludes halogenated alkanes) is 2. The summed E-state index contributed by atoms with van der Waals surface area (Å²) in [5, 5.41) is 6.43. The molecular weight excluding hydrogens is 653 g/mol. The molecule has 0 radical (unpaired) electrons. The third-order valence-electron chi connectivity index (χ3n) is 9.12. The second-order valence-corrected chi connectivity index (χ2v) is 14.0. The molecule has 0 unspecified atom stereocenters. The number of ether oxygens (including phenoxy) is 2. The monoisotopic (exact) mass is 690 g/mol. The first-order valence-corrected chi connectivity index (χ1v) is 17.3. The van der Waals surface area contributed by atoms with Crippen LogP contribution in [0.15, 0.2) is 72.8 Å². The summed E-state index contributed by atoms with van der Waals surface area (Å²) in [5.74, 6) is 0.376. The summed E-state index contributed by atoms with van der Waals surface area (Å²) < 4.78 is 13.7. The van der Waals surface area contributed by atoms with Crippen molar-refractivity contribution >= 4 is 61.5 Å². The summed E-state index contributed by atoms with van der Waals surface area (Å²) in [4.78, 5) is 47.6. The molecule has 2 aliphatic heterocycles. The lowest BCUT2D eigenvalue weighted by Crippen LogP contribution is -2.33.